The Balaban J connectivity index is 3.45. The Kier molecular flexibility index (Phi) is 6.89. The molecule has 0 aromatic carbocycles. The number of thioether (sulfide) groups is 1. The minimum Gasteiger partial charge on any atom is -0.315 e. The molecule has 1 nitrogen and oxygen atoms in total. The number of nitrogens with one attached hydrogen (secondary N) is 1. The lowest BCUT2D eigenvalue weighted by atomic mass is 10.2. The smallest absolute Gasteiger partial charge is 0.0264 e. The number of rotatable bonds is 4. The fraction of sp³-hybridized carbons (Fsp3) is 0.750. The first-order valence-electron chi connectivity index (χ1n) is 3.41. The molecule has 0 aromatic rings. The van der Waals surface area contributed by atoms with Gasteiger partial charge in [0.05, 0.1) is 0 Å². The van der Waals surface area contributed by atoms with Gasteiger partial charge in [0.2, 0.25) is 0 Å². The van der Waals surface area contributed by atoms with E-state index < -0.39 is 0 Å². The van der Waals surface area contributed by atoms with Gasteiger partial charge in [-0.25, -0.2) is 0 Å². The first-order valence-corrected chi connectivity index (χ1v) is 4.80. The van der Waals surface area contributed by atoms with Crippen molar-refractivity contribution in [2.45, 2.75) is 19.4 Å². The average Bonchev–Trinajstić information content (AvgIpc) is 1.98. The fourth-order valence-corrected chi connectivity index (χ4v) is 1.36. The van der Waals surface area contributed by atoms with Crippen molar-refractivity contribution in [1.82, 2.24) is 5.32 Å². The second-order valence-corrected chi connectivity index (χ2v) is 2.98. The molecule has 0 saturated carbocycles. The van der Waals surface area contributed by atoms with Crippen LogP contribution < -0.4 is 5.32 Å². The Hall–Kier alpha value is -0.130. The Labute approximate surface area is 68.0 Å². The summed E-state index contributed by atoms with van der Waals surface area (Å²) in [6.07, 6.45) is 3.08. The highest BCUT2D eigenvalue weighted by Gasteiger charge is 2.00. The predicted molar refractivity (Wildman–Crippen MR) is 49.3 cm³/mol. The maximum Gasteiger partial charge on any atom is 0.0264 e. The minimum atomic E-state index is 0.558. The van der Waals surface area contributed by atoms with Gasteiger partial charge in [-0.1, -0.05) is 0 Å². The topological polar surface area (TPSA) is 12.0 Å². The van der Waals surface area contributed by atoms with Crippen LogP contribution in [0.5, 0.6) is 0 Å². The van der Waals surface area contributed by atoms with Gasteiger partial charge >= 0.3 is 0 Å². The third kappa shape index (κ3) is 4.72. The van der Waals surface area contributed by atoms with E-state index in [-0.39, 0.29) is 0 Å². The zero-order valence-electron chi connectivity index (χ0n) is 6.90. The first-order chi connectivity index (χ1) is 4.85. The van der Waals surface area contributed by atoms with Crippen LogP contribution in [0.15, 0.2) is 0 Å². The van der Waals surface area contributed by atoms with E-state index in [4.69, 9.17) is 0 Å². The van der Waals surface area contributed by atoms with Crippen molar-refractivity contribution in [2.24, 2.45) is 0 Å². The lowest BCUT2D eigenvalue weighted by Crippen LogP contribution is -2.26. The van der Waals surface area contributed by atoms with E-state index in [1.807, 2.05) is 25.7 Å². The summed E-state index contributed by atoms with van der Waals surface area (Å²) in [5.41, 5.74) is 0. The molecule has 0 fully saturated rings. The van der Waals surface area contributed by atoms with E-state index in [1.165, 1.54) is 0 Å². The van der Waals surface area contributed by atoms with Gasteiger partial charge in [-0.15, -0.1) is 11.8 Å². The van der Waals surface area contributed by atoms with Crippen LogP contribution in [0.1, 0.15) is 13.3 Å². The zero-order chi connectivity index (χ0) is 7.82. The lowest BCUT2D eigenvalue weighted by Gasteiger charge is -2.09. The Morgan fingerprint density at radius 1 is 1.60 bits per heavy atom. The largest absolute Gasteiger partial charge is 0.315 e. The SMILES string of the molecule is CC#CCC(CSC)NC. The Morgan fingerprint density at radius 2 is 2.30 bits per heavy atom. The van der Waals surface area contributed by atoms with Crippen molar-refractivity contribution < 1.29 is 0 Å². The molecule has 0 radical (unpaired) electrons. The van der Waals surface area contributed by atoms with E-state index in [1.54, 1.807) is 0 Å². The Bertz CT molecular complexity index is 123. The second-order valence-electron chi connectivity index (χ2n) is 2.07. The first kappa shape index (κ1) is 9.87. The monoisotopic (exact) mass is 157 g/mol. The van der Waals surface area contributed by atoms with Crippen molar-refractivity contribution in [1.29, 1.82) is 0 Å². The molecule has 0 bridgehead atoms. The molecule has 0 spiro atoms. The zero-order valence-corrected chi connectivity index (χ0v) is 7.72. The molecule has 0 saturated heterocycles. The molecule has 0 aromatic heterocycles. The normalized spacial score (nSPS) is 11.9. The molecule has 1 unspecified atom stereocenters. The standard InChI is InChI=1S/C8H15NS/c1-4-5-6-8(9-2)7-10-3/h8-9H,6-7H2,1-3H3. The summed E-state index contributed by atoms with van der Waals surface area (Å²) in [4.78, 5) is 0. The summed E-state index contributed by atoms with van der Waals surface area (Å²) in [7, 11) is 1.98. The van der Waals surface area contributed by atoms with Gasteiger partial charge in [-0.3, -0.25) is 0 Å². The van der Waals surface area contributed by atoms with Gasteiger partial charge < -0.3 is 5.32 Å². The Morgan fingerprint density at radius 3 is 2.70 bits per heavy atom. The molecular weight excluding hydrogens is 142 g/mol. The summed E-state index contributed by atoms with van der Waals surface area (Å²) in [5, 5.41) is 3.21. The van der Waals surface area contributed by atoms with Gasteiger partial charge in [0.25, 0.3) is 0 Å². The lowest BCUT2D eigenvalue weighted by molar-refractivity contribution is 0.637. The van der Waals surface area contributed by atoms with E-state index >= 15 is 0 Å². The highest BCUT2D eigenvalue weighted by Crippen LogP contribution is 1.99. The average molecular weight is 157 g/mol. The number of hydrogen-bond donors (Lipinski definition) is 1. The molecule has 0 heterocycles. The molecule has 1 N–H and O–H groups in total. The van der Waals surface area contributed by atoms with Crippen LogP contribution in [-0.4, -0.2) is 25.1 Å². The van der Waals surface area contributed by atoms with Crippen LogP contribution in [0, 0.1) is 11.8 Å². The molecule has 2 heteroatoms. The second kappa shape index (κ2) is 6.98. The van der Waals surface area contributed by atoms with Gasteiger partial charge in [0.15, 0.2) is 0 Å². The maximum absolute atomic E-state index is 3.21. The van der Waals surface area contributed by atoms with Crippen LogP contribution in [0.4, 0.5) is 0 Å². The molecule has 0 rings (SSSR count). The van der Waals surface area contributed by atoms with E-state index in [0.717, 1.165) is 12.2 Å². The molecule has 0 aliphatic heterocycles. The third-order valence-corrected chi connectivity index (χ3v) is 2.04. The molecule has 0 amide bonds. The molecule has 10 heavy (non-hydrogen) atoms. The summed E-state index contributed by atoms with van der Waals surface area (Å²) < 4.78 is 0. The summed E-state index contributed by atoms with van der Waals surface area (Å²) in [6, 6.07) is 0.558. The van der Waals surface area contributed by atoms with Crippen molar-refractivity contribution in [3.8, 4) is 11.8 Å². The van der Waals surface area contributed by atoms with Crippen LogP contribution in [0.3, 0.4) is 0 Å². The highest BCUT2D eigenvalue weighted by atomic mass is 32.2. The van der Waals surface area contributed by atoms with Crippen molar-refractivity contribution in [2.75, 3.05) is 19.1 Å². The number of hydrogen-bond acceptors (Lipinski definition) is 2. The van der Waals surface area contributed by atoms with E-state index in [2.05, 4.69) is 23.4 Å². The highest BCUT2D eigenvalue weighted by molar-refractivity contribution is 7.98. The predicted octanol–water partition coefficient (Wildman–Crippen LogP) is 1.35. The minimum absolute atomic E-state index is 0.558. The quantitative estimate of drug-likeness (QED) is 0.618. The summed E-state index contributed by atoms with van der Waals surface area (Å²) in [5.74, 6) is 7.09. The third-order valence-electron chi connectivity index (χ3n) is 1.30. The molecule has 0 aliphatic rings. The molecule has 58 valence electrons. The van der Waals surface area contributed by atoms with Gasteiger partial charge in [0, 0.05) is 18.2 Å². The maximum atomic E-state index is 3.21. The van der Waals surface area contributed by atoms with Crippen LogP contribution in [0.2, 0.25) is 0 Å². The van der Waals surface area contributed by atoms with Crippen molar-refractivity contribution >= 4 is 11.8 Å². The summed E-state index contributed by atoms with van der Waals surface area (Å²) >= 11 is 1.85. The molecule has 1 atom stereocenters. The van der Waals surface area contributed by atoms with Gasteiger partial charge in [-0.2, -0.15) is 11.8 Å². The van der Waals surface area contributed by atoms with Gasteiger partial charge in [-0.05, 0) is 20.2 Å². The van der Waals surface area contributed by atoms with Crippen LogP contribution in [0.25, 0.3) is 0 Å². The van der Waals surface area contributed by atoms with Crippen molar-refractivity contribution in [3.63, 3.8) is 0 Å². The van der Waals surface area contributed by atoms with Crippen molar-refractivity contribution in [3.05, 3.63) is 0 Å². The molecular formula is C8H15NS. The van der Waals surface area contributed by atoms with Crippen LogP contribution in [-0.2, 0) is 0 Å². The van der Waals surface area contributed by atoms with Gasteiger partial charge in [0.1, 0.15) is 0 Å². The fourth-order valence-electron chi connectivity index (χ4n) is 0.671. The molecule has 0 aliphatic carbocycles. The van der Waals surface area contributed by atoms with E-state index in [9.17, 15) is 0 Å². The van der Waals surface area contributed by atoms with Crippen LogP contribution >= 0.6 is 11.8 Å². The summed E-state index contributed by atoms with van der Waals surface area (Å²) in [6.45, 7) is 1.88. The van der Waals surface area contributed by atoms with E-state index in [0.29, 0.717) is 6.04 Å².